The van der Waals surface area contributed by atoms with Gasteiger partial charge in [0.25, 0.3) is 0 Å². The molecule has 142 valence electrons. The van der Waals surface area contributed by atoms with Gasteiger partial charge in [-0.1, -0.05) is 32.9 Å². The van der Waals surface area contributed by atoms with E-state index in [1.165, 1.54) is 6.42 Å². The Morgan fingerprint density at radius 2 is 1.96 bits per heavy atom. The Bertz CT molecular complexity index is 597. The van der Waals surface area contributed by atoms with Crippen LogP contribution in [0.5, 0.6) is 0 Å². The normalized spacial score (nSPS) is 47.2. The molecule has 0 radical (unpaired) electrons. The highest BCUT2D eigenvalue weighted by Crippen LogP contribution is 2.84. The summed E-state index contributed by atoms with van der Waals surface area (Å²) >= 11 is 0. The Labute approximate surface area is 153 Å². The van der Waals surface area contributed by atoms with Crippen molar-refractivity contribution in [3.8, 4) is 0 Å². The quantitative estimate of drug-likeness (QED) is 0.526. The number of ether oxygens (including phenoxy) is 3. The molecule has 0 aromatic heterocycles. The number of hydrogen-bond acceptors (Lipinski definition) is 4. The predicted molar refractivity (Wildman–Crippen MR) is 99.9 cm³/mol. The number of methoxy groups -OCH3 is 2. The fourth-order valence-corrected chi connectivity index (χ4v) is 7.08. The summed E-state index contributed by atoms with van der Waals surface area (Å²) in [7, 11) is 1.91. The monoisotopic (exact) mass is 366 g/mol. The molecule has 1 spiro atoms. The molecule has 4 nitrogen and oxygen atoms in total. The summed E-state index contributed by atoms with van der Waals surface area (Å²) in [5, 5.41) is 0.244. The molecule has 1 saturated heterocycles. The molecule has 1 aliphatic heterocycles. The molecule has 4 rings (SSSR count). The van der Waals surface area contributed by atoms with Crippen molar-refractivity contribution >= 4 is 8.32 Å². The third kappa shape index (κ3) is 1.92. The van der Waals surface area contributed by atoms with Crippen LogP contribution in [0.15, 0.2) is 12.2 Å². The maximum Gasteiger partial charge on any atom is 0.191 e. The fourth-order valence-electron chi connectivity index (χ4n) is 6.03. The van der Waals surface area contributed by atoms with E-state index >= 15 is 0 Å². The van der Waals surface area contributed by atoms with E-state index in [1.807, 2.05) is 7.11 Å². The molecule has 3 fully saturated rings. The number of fused-ring (bicyclic) bond motifs is 1. The summed E-state index contributed by atoms with van der Waals surface area (Å²) < 4.78 is 24.7. The number of hydrogen-bond donors (Lipinski definition) is 0. The summed E-state index contributed by atoms with van der Waals surface area (Å²) in [5.74, 6) is 1.17. The second-order valence-electron chi connectivity index (χ2n) is 10.1. The summed E-state index contributed by atoms with van der Waals surface area (Å²) in [6, 6.07) is 0. The van der Waals surface area contributed by atoms with Crippen molar-refractivity contribution in [2.24, 2.45) is 22.7 Å². The van der Waals surface area contributed by atoms with E-state index < -0.39 is 8.32 Å². The van der Waals surface area contributed by atoms with Crippen molar-refractivity contribution in [1.82, 2.24) is 0 Å². The van der Waals surface area contributed by atoms with E-state index in [1.54, 1.807) is 7.11 Å². The van der Waals surface area contributed by atoms with E-state index in [-0.39, 0.29) is 27.8 Å². The van der Waals surface area contributed by atoms with Gasteiger partial charge in [0.1, 0.15) is 0 Å². The first kappa shape index (κ1) is 18.2. The van der Waals surface area contributed by atoms with Crippen LogP contribution in [0, 0.1) is 22.7 Å². The van der Waals surface area contributed by atoms with E-state index in [0.717, 1.165) is 19.6 Å². The third-order valence-electron chi connectivity index (χ3n) is 8.36. The molecule has 0 aromatic rings. The second-order valence-corrected chi connectivity index (χ2v) is 14.9. The van der Waals surface area contributed by atoms with Gasteiger partial charge in [0.15, 0.2) is 14.6 Å². The van der Waals surface area contributed by atoms with Crippen LogP contribution in [-0.2, 0) is 18.6 Å². The van der Waals surface area contributed by atoms with Gasteiger partial charge < -0.3 is 18.6 Å². The molecular formula is C20H34O4Si. The Kier molecular flexibility index (Phi) is 3.78. The largest absolute Gasteiger partial charge is 0.417 e. The zero-order chi connectivity index (χ0) is 18.3. The van der Waals surface area contributed by atoms with Gasteiger partial charge in [-0.05, 0) is 36.9 Å². The Hall–Kier alpha value is -0.203. The van der Waals surface area contributed by atoms with Gasteiger partial charge in [0.05, 0.1) is 17.6 Å². The Morgan fingerprint density at radius 3 is 2.56 bits per heavy atom. The van der Waals surface area contributed by atoms with Gasteiger partial charge in [-0.3, -0.25) is 0 Å². The first-order chi connectivity index (χ1) is 11.6. The van der Waals surface area contributed by atoms with Crippen LogP contribution >= 0.6 is 0 Å². The van der Waals surface area contributed by atoms with Crippen molar-refractivity contribution < 1.29 is 18.6 Å². The highest BCUT2D eigenvalue weighted by atomic mass is 28.4. The minimum atomic E-state index is -1.73. The predicted octanol–water partition coefficient (Wildman–Crippen LogP) is 3.98. The van der Waals surface area contributed by atoms with Gasteiger partial charge in [-0.15, -0.1) is 0 Å². The molecule has 0 amide bonds. The standard InChI is InChI=1S/C20H34O4Si/c1-17(2,3)25(6,7)24-11-10-18-12-15-14-8-9-19(18,20(14,15)22-5)16(21-4)23-13-18/h8-9,14-16H,10-13H2,1-7H3/t14?,15?,16-,18-,19+,20-/m0/s1. The van der Waals surface area contributed by atoms with Crippen LogP contribution in [0.4, 0.5) is 0 Å². The molecule has 5 heteroatoms. The average Bonchev–Trinajstić information content (AvgIpc) is 2.78. The lowest BCUT2D eigenvalue weighted by atomic mass is 9.62. The maximum absolute atomic E-state index is 6.53. The Morgan fingerprint density at radius 1 is 1.24 bits per heavy atom. The minimum absolute atomic E-state index is 0.0835. The average molecular weight is 367 g/mol. The van der Waals surface area contributed by atoms with Gasteiger partial charge >= 0.3 is 0 Å². The van der Waals surface area contributed by atoms with Gasteiger partial charge in [0, 0.05) is 32.2 Å². The second kappa shape index (κ2) is 5.19. The molecule has 3 aliphatic carbocycles. The third-order valence-corrected chi connectivity index (χ3v) is 12.9. The topological polar surface area (TPSA) is 36.9 Å². The molecular weight excluding hydrogens is 332 g/mol. The molecule has 0 aromatic carbocycles. The lowest BCUT2D eigenvalue weighted by molar-refractivity contribution is -0.173. The highest BCUT2D eigenvalue weighted by Gasteiger charge is 2.90. The van der Waals surface area contributed by atoms with Crippen molar-refractivity contribution in [1.29, 1.82) is 0 Å². The first-order valence-corrected chi connectivity index (χ1v) is 12.6. The van der Waals surface area contributed by atoms with Crippen LogP contribution in [0.1, 0.15) is 33.6 Å². The van der Waals surface area contributed by atoms with Crippen molar-refractivity contribution in [3.05, 3.63) is 12.2 Å². The van der Waals surface area contributed by atoms with E-state index in [9.17, 15) is 0 Å². The smallest absolute Gasteiger partial charge is 0.191 e. The van der Waals surface area contributed by atoms with Crippen molar-refractivity contribution in [2.45, 2.75) is 63.6 Å². The van der Waals surface area contributed by atoms with Crippen molar-refractivity contribution in [2.75, 3.05) is 27.4 Å². The zero-order valence-electron chi connectivity index (χ0n) is 16.8. The SMILES string of the molecule is CO[C@H]1OC[C@]2(CCO[Si](C)(C)C(C)(C)C)CC3C4C=C[C@@]12[C@]43OC. The van der Waals surface area contributed by atoms with Crippen molar-refractivity contribution in [3.63, 3.8) is 0 Å². The number of rotatable bonds is 6. The molecule has 1 heterocycles. The van der Waals surface area contributed by atoms with Gasteiger partial charge in [0.2, 0.25) is 0 Å². The van der Waals surface area contributed by atoms with Crippen LogP contribution in [0.2, 0.25) is 18.1 Å². The molecule has 0 bridgehead atoms. The molecule has 2 unspecified atom stereocenters. The molecule has 25 heavy (non-hydrogen) atoms. The molecule has 2 saturated carbocycles. The minimum Gasteiger partial charge on any atom is -0.417 e. The van der Waals surface area contributed by atoms with Crippen LogP contribution in [0.3, 0.4) is 0 Å². The summed E-state index contributed by atoms with van der Waals surface area (Å²) in [5.41, 5.74) is -0.156. The lowest BCUT2D eigenvalue weighted by Gasteiger charge is -2.44. The van der Waals surface area contributed by atoms with E-state index in [4.69, 9.17) is 18.6 Å². The first-order valence-electron chi connectivity index (χ1n) is 9.65. The zero-order valence-corrected chi connectivity index (χ0v) is 17.8. The van der Waals surface area contributed by atoms with E-state index in [0.29, 0.717) is 11.8 Å². The van der Waals surface area contributed by atoms with Gasteiger partial charge in [-0.2, -0.15) is 0 Å². The Balaban J connectivity index is 1.57. The summed E-state index contributed by atoms with van der Waals surface area (Å²) in [4.78, 5) is 0. The summed E-state index contributed by atoms with van der Waals surface area (Å²) in [6.07, 6.45) is 6.73. The maximum atomic E-state index is 6.53. The highest BCUT2D eigenvalue weighted by molar-refractivity contribution is 6.74. The van der Waals surface area contributed by atoms with E-state index in [2.05, 4.69) is 46.0 Å². The summed E-state index contributed by atoms with van der Waals surface area (Å²) in [6.45, 7) is 13.1. The molecule has 6 atom stereocenters. The molecule has 4 aliphatic rings. The molecule has 0 N–H and O–H groups in total. The van der Waals surface area contributed by atoms with Crippen LogP contribution in [0.25, 0.3) is 0 Å². The van der Waals surface area contributed by atoms with Gasteiger partial charge in [-0.25, -0.2) is 0 Å². The lowest BCUT2D eigenvalue weighted by Crippen LogP contribution is -2.51. The van der Waals surface area contributed by atoms with Crippen LogP contribution in [-0.4, -0.2) is 47.6 Å². The van der Waals surface area contributed by atoms with Crippen LogP contribution < -0.4 is 0 Å². The fraction of sp³-hybridized carbons (Fsp3) is 0.900.